The fourth-order valence-corrected chi connectivity index (χ4v) is 8.04. The number of nitrogens with zero attached hydrogens (tertiary/aromatic N) is 4. The van der Waals surface area contributed by atoms with E-state index in [1.165, 1.54) is 48.6 Å². The molecular formula is C46H28N4. The Bertz CT molecular complexity index is 3150. The van der Waals surface area contributed by atoms with Crippen LogP contribution in [0.3, 0.4) is 0 Å². The number of fused-ring (bicyclic) bond motifs is 10. The molecule has 4 nitrogen and oxygen atoms in total. The van der Waals surface area contributed by atoms with Crippen LogP contribution in [-0.4, -0.2) is 19.1 Å². The highest BCUT2D eigenvalue weighted by Gasteiger charge is 2.21. The van der Waals surface area contributed by atoms with Crippen LogP contribution >= 0.6 is 0 Å². The molecule has 0 aliphatic heterocycles. The van der Waals surface area contributed by atoms with E-state index < -0.39 is 0 Å². The normalized spacial score (nSPS) is 12.0. The van der Waals surface area contributed by atoms with Crippen LogP contribution in [0.25, 0.3) is 99.0 Å². The fraction of sp³-hybridized carbons (Fsp3) is 0. The summed E-state index contributed by atoms with van der Waals surface area (Å²) in [4.78, 5) is 10.6. The standard InChI is InChI=1S/C46H28N4/c1-2-14-31(15-3-1)45-36-19-8-10-20-39(36)47-46(48-45)50-40-21-11-9-18-35(40)37-27-38-43(28-42(37)50)49(33-24-22-29-12-4-5-16-32(29)26-33)41-25-23-30-13-6-7-17-34(30)44(38)41/h1-28H. The smallest absolute Gasteiger partial charge is 0.235 e. The van der Waals surface area contributed by atoms with Crippen LogP contribution in [0.2, 0.25) is 0 Å². The number of hydrogen-bond acceptors (Lipinski definition) is 2. The van der Waals surface area contributed by atoms with Crippen LogP contribution in [0.1, 0.15) is 0 Å². The van der Waals surface area contributed by atoms with Crippen molar-refractivity contribution in [1.82, 2.24) is 19.1 Å². The van der Waals surface area contributed by atoms with Gasteiger partial charge in [0.25, 0.3) is 0 Å². The van der Waals surface area contributed by atoms with E-state index in [1.807, 2.05) is 6.07 Å². The predicted molar refractivity (Wildman–Crippen MR) is 209 cm³/mol. The van der Waals surface area contributed by atoms with Crippen molar-refractivity contribution in [3.8, 4) is 22.9 Å². The summed E-state index contributed by atoms with van der Waals surface area (Å²) in [5, 5.41) is 10.8. The molecule has 8 aromatic carbocycles. The Balaban J connectivity index is 1.30. The van der Waals surface area contributed by atoms with Gasteiger partial charge in [0.1, 0.15) is 0 Å². The van der Waals surface area contributed by atoms with Crippen LogP contribution in [0, 0.1) is 0 Å². The zero-order valence-corrected chi connectivity index (χ0v) is 27.0. The largest absolute Gasteiger partial charge is 0.309 e. The summed E-state index contributed by atoms with van der Waals surface area (Å²) < 4.78 is 4.69. The SMILES string of the molecule is c1ccc(-c2nc(-n3c4ccccc4c4cc5c6c7ccccc7ccc6n(-c6ccc7ccccc7c6)c5cc43)nc3ccccc23)cc1. The molecule has 3 heterocycles. The van der Waals surface area contributed by atoms with Crippen molar-refractivity contribution in [1.29, 1.82) is 0 Å². The van der Waals surface area contributed by atoms with E-state index in [0.717, 1.165) is 44.4 Å². The molecule has 0 fully saturated rings. The first kappa shape index (κ1) is 27.2. The van der Waals surface area contributed by atoms with Gasteiger partial charge in [-0.25, -0.2) is 9.97 Å². The summed E-state index contributed by atoms with van der Waals surface area (Å²) in [5.41, 5.74) is 8.53. The first-order valence-electron chi connectivity index (χ1n) is 17.0. The van der Waals surface area contributed by atoms with Crippen LogP contribution < -0.4 is 0 Å². The average Bonchev–Trinajstić information content (AvgIpc) is 3.69. The first-order valence-corrected chi connectivity index (χ1v) is 17.0. The maximum absolute atomic E-state index is 5.34. The molecule has 232 valence electrons. The Labute approximate surface area is 287 Å². The lowest BCUT2D eigenvalue weighted by molar-refractivity contribution is 1.01. The molecule has 0 aliphatic rings. The molecule has 0 radical (unpaired) electrons. The molecule has 11 rings (SSSR count). The minimum atomic E-state index is 0.659. The number of aromatic nitrogens is 4. The lowest BCUT2D eigenvalue weighted by atomic mass is 10.0. The molecule has 0 spiro atoms. The van der Waals surface area contributed by atoms with Gasteiger partial charge in [-0.05, 0) is 64.0 Å². The van der Waals surface area contributed by atoms with Crippen molar-refractivity contribution >= 4 is 76.1 Å². The third-order valence-corrected chi connectivity index (χ3v) is 10.3. The van der Waals surface area contributed by atoms with Crippen molar-refractivity contribution < 1.29 is 0 Å². The van der Waals surface area contributed by atoms with Crippen molar-refractivity contribution in [2.45, 2.75) is 0 Å². The van der Waals surface area contributed by atoms with Crippen LogP contribution in [-0.2, 0) is 0 Å². The van der Waals surface area contributed by atoms with Gasteiger partial charge in [-0.2, -0.15) is 0 Å². The monoisotopic (exact) mass is 636 g/mol. The van der Waals surface area contributed by atoms with Crippen molar-refractivity contribution in [3.05, 3.63) is 170 Å². The average molecular weight is 637 g/mol. The van der Waals surface area contributed by atoms with E-state index in [2.05, 4.69) is 173 Å². The van der Waals surface area contributed by atoms with Gasteiger partial charge >= 0.3 is 0 Å². The third kappa shape index (κ3) is 3.87. The van der Waals surface area contributed by atoms with Gasteiger partial charge in [0.15, 0.2) is 0 Å². The highest BCUT2D eigenvalue weighted by molar-refractivity contribution is 6.25. The Hall–Kier alpha value is -6.78. The highest BCUT2D eigenvalue weighted by Crippen LogP contribution is 2.42. The zero-order chi connectivity index (χ0) is 32.8. The Morgan fingerprint density at radius 2 is 1.04 bits per heavy atom. The Kier molecular flexibility index (Phi) is 5.63. The van der Waals surface area contributed by atoms with Crippen molar-refractivity contribution in [2.24, 2.45) is 0 Å². The van der Waals surface area contributed by atoms with Gasteiger partial charge in [-0.1, -0.05) is 127 Å². The highest BCUT2D eigenvalue weighted by atomic mass is 15.2. The molecule has 0 atom stereocenters. The van der Waals surface area contributed by atoms with Gasteiger partial charge in [0.2, 0.25) is 5.95 Å². The molecule has 3 aromatic heterocycles. The third-order valence-electron chi connectivity index (χ3n) is 10.3. The maximum atomic E-state index is 5.34. The summed E-state index contributed by atoms with van der Waals surface area (Å²) in [7, 11) is 0. The predicted octanol–water partition coefficient (Wildman–Crippen LogP) is 11.8. The molecular weight excluding hydrogens is 609 g/mol. The van der Waals surface area contributed by atoms with Crippen LogP contribution in [0.5, 0.6) is 0 Å². The lowest BCUT2D eigenvalue weighted by Crippen LogP contribution is -2.03. The second kappa shape index (κ2) is 10.4. The minimum Gasteiger partial charge on any atom is -0.309 e. The van der Waals surface area contributed by atoms with Crippen LogP contribution in [0.15, 0.2) is 170 Å². The summed E-state index contributed by atoms with van der Waals surface area (Å²) in [6, 6.07) is 60.8. The lowest BCUT2D eigenvalue weighted by Gasteiger charge is -2.12. The molecule has 0 aliphatic carbocycles. The Morgan fingerprint density at radius 3 is 1.92 bits per heavy atom. The van der Waals surface area contributed by atoms with E-state index >= 15 is 0 Å². The van der Waals surface area contributed by atoms with E-state index in [1.54, 1.807) is 0 Å². The molecule has 0 bridgehead atoms. The number of hydrogen-bond donors (Lipinski definition) is 0. The summed E-state index contributed by atoms with van der Waals surface area (Å²) >= 11 is 0. The summed E-state index contributed by atoms with van der Waals surface area (Å²) in [6.07, 6.45) is 0. The number of rotatable bonds is 3. The number of para-hydroxylation sites is 2. The van der Waals surface area contributed by atoms with Gasteiger partial charge in [0, 0.05) is 38.2 Å². The fourth-order valence-electron chi connectivity index (χ4n) is 8.04. The van der Waals surface area contributed by atoms with Gasteiger partial charge < -0.3 is 4.57 Å². The Morgan fingerprint density at radius 1 is 0.360 bits per heavy atom. The van der Waals surface area contributed by atoms with Crippen LogP contribution in [0.4, 0.5) is 0 Å². The first-order chi connectivity index (χ1) is 24.8. The molecule has 0 saturated heterocycles. The van der Waals surface area contributed by atoms with E-state index in [4.69, 9.17) is 9.97 Å². The number of benzene rings is 8. The quantitative estimate of drug-likeness (QED) is 0.193. The van der Waals surface area contributed by atoms with Crippen molar-refractivity contribution in [3.63, 3.8) is 0 Å². The second-order valence-corrected chi connectivity index (χ2v) is 13.0. The topological polar surface area (TPSA) is 35.6 Å². The van der Waals surface area contributed by atoms with Gasteiger partial charge in [0.05, 0.1) is 33.3 Å². The summed E-state index contributed by atoms with van der Waals surface area (Å²) in [5.74, 6) is 0.659. The van der Waals surface area contributed by atoms with E-state index in [-0.39, 0.29) is 0 Å². The van der Waals surface area contributed by atoms with Gasteiger partial charge in [-0.3, -0.25) is 4.57 Å². The van der Waals surface area contributed by atoms with E-state index in [9.17, 15) is 0 Å². The minimum absolute atomic E-state index is 0.659. The molecule has 0 N–H and O–H groups in total. The molecule has 0 amide bonds. The molecule has 4 heteroatoms. The molecule has 50 heavy (non-hydrogen) atoms. The van der Waals surface area contributed by atoms with Gasteiger partial charge in [-0.15, -0.1) is 0 Å². The maximum Gasteiger partial charge on any atom is 0.235 e. The summed E-state index contributed by atoms with van der Waals surface area (Å²) in [6.45, 7) is 0. The molecule has 11 aromatic rings. The van der Waals surface area contributed by atoms with Crippen molar-refractivity contribution in [2.75, 3.05) is 0 Å². The molecule has 0 unspecified atom stereocenters. The van der Waals surface area contributed by atoms with E-state index in [0.29, 0.717) is 5.95 Å². The second-order valence-electron chi connectivity index (χ2n) is 13.0. The zero-order valence-electron chi connectivity index (χ0n) is 27.0. The molecule has 0 saturated carbocycles.